The minimum Gasteiger partial charge on any atom is -0.322 e. The first kappa shape index (κ1) is 24.2. The summed E-state index contributed by atoms with van der Waals surface area (Å²) in [5, 5.41) is 7.03. The molecule has 0 fully saturated rings. The summed E-state index contributed by atoms with van der Waals surface area (Å²) in [7, 11) is 0. The highest BCUT2D eigenvalue weighted by atomic mass is 79.9. The van der Waals surface area contributed by atoms with Crippen LogP contribution in [0.2, 0.25) is 0 Å². The SMILES string of the molecule is Cc1cc(NC(=O)c2cc(NC(=O)Nc3ccc(C(F)(F)F)cc3)c(F)cc2Br)ccc1F. The van der Waals surface area contributed by atoms with Gasteiger partial charge in [-0.25, -0.2) is 13.6 Å². The Morgan fingerprint density at radius 2 is 1.45 bits per heavy atom. The summed E-state index contributed by atoms with van der Waals surface area (Å²) in [4.78, 5) is 24.8. The van der Waals surface area contributed by atoms with E-state index in [4.69, 9.17) is 0 Å². The van der Waals surface area contributed by atoms with Gasteiger partial charge in [0, 0.05) is 15.8 Å². The Hall–Kier alpha value is -3.47. The van der Waals surface area contributed by atoms with Gasteiger partial charge in [0.2, 0.25) is 0 Å². The Bertz CT molecular complexity index is 1210. The first-order chi connectivity index (χ1) is 15.4. The van der Waals surface area contributed by atoms with Gasteiger partial charge in [-0.15, -0.1) is 0 Å². The number of anilines is 3. The van der Waals surface area contributed by atoms with Crippen molar-refractivity contribution in [1.82, 2.24) is 0 Å². The highest BCUT2D eigenvalue weighted by Crippen LogP contribution is 2.30. The minimum atomic E-state index is -4.52. The van der Waals surface area contributed by atoms with Crippen LogP contribution in [0, 0.1) is 18.6 Å². The largest absolute Gasteiger partial charge is 0.416 e. The number of hydrogen-bond donors (Lipinski definition) is 3. The van der Waals surface area contributed by atoms with Gasteiger partial charge in [-0.3, -0.25) is 4.79 Å². The maximum atomic E-state index is 14.3. The van der Waals surface area contributed by atoms with Crippen molar-refractivity contribution < 1.29 is 31.5 Å². The normalized spacial score (nSPS) is 11.1. The molecular formula is C22H15BrF5N3O2. The molecular weight excluding hydrogens is 513 g/mol. The lowest BCUT2D eigenvalue weighted by Crippen LogP contribution is -2.21. The highest BCUT2D eigenvalue weighted by molar-refractivity contribution is 9.10. The maximum absolute atomic E-state index is 14.3. The zero-order valence-corrected chi connectivity index (χ0v) is 18.4. The minimum absolute atomic E-state index is 0.0248. The number of carbonyl (C=O) groups is 2. The Morgan fingerprint density at radius 3 is 2.06 bits per heavy atom. The first-order valence-corrected chi connectivity index (χ1v) is 10.0. The maximum Gasteiger partial charge on any atom is 0.416 e. The number of hydrogen-bond acceptors (Lipinski definition) is 2. The third-order valence-electron chi connectivity index (χ3n) is 4.44. The number of halogens is 6. The molecule has 0 saturated carbocycles. The van der Waals surface area contributed by atoms with Crippen LogP contribution in [0.3, 0.4) is 0 Å². The van der Waals surface area contributed by atoms with Gasteiger partial charge in [0.05, 0.1) is 16.8 Å². The van der Waals surface area contributed by atoms with Crippen LogP contribution in [0.15, 0.2) is 59.1 Å². The van der Waals surface area contributed by atoms with E-state index in [0.717, 1.165) is 36.4 Å². The van der Waals surface area contributed by atoms with E-state index >= 15 is 0 Å². The number of rotatable bonds is 4. The van der Waals surface area contributed by atoms with Gasteiger partial charge in [0.1, 0.15) is 11.6 Å². The van der Waals surface area contributed by atoms with E-state index in [-0.39, 0.29) is 21.4 Å². The molecule has 0 radical (unpaired) electrons. The van der Waals surface area contributed by atoms with Crippen molar-refractivity contribution in [3.05, 3.63) is 87.4 Å². The summed E-state index contributed by atoms with van der Waals surface area (Å²) in [6, 6.07) is 8.74. The number of amides is 3. The zero-order chi connectivity index (χ0) is 24.3. The van der Waals surface area contributed by atoms with Crippen molar-refractivity contribution in [1.29, 1.82) is 0 Å². The van der Waals surface area contributed by atoms with E-state index in [2.05, 4.69) is 31.9 Å². The monoisotopic (exact) mass is 527 g/mol. The molecule has 172 valence electrons. The lowest BCUT2D eigenvalue weighted by atomic mass is 10.1. The van der Waals surface area contributed by atoms with Crippen LogP contribution in [0.1, 0.15) is 21.5 Å². The van der Waals surface area contributed by atoms with Crippen LogP contribution < -0.4 is 16.0 Å². The summed E-state index contributed by atoms with van der Waals surface area (Å²) in [6.45, 7) is 1.52. The number of nitrogens with one attached hydrogen (secondary N) is 3. The molecule has 3 aromatic carbocycles. The van der Waals surface area contributed by atoms with E-state index in [1.807, 2.05) is 0 Å². The molecule has 0 unspecified atom stereocenters. The van der Waals surface area contributed by atoms with Crippen LogP contribution in [0.25, 0.3) is 0 Å². The smallest absolute Gasteiger partial charge is 0.322 e. The second-order valence-corrected chi connectivity index (χ2v) is 7.74. The molecule has 0 heterocycles. The number of benzene rings is 3. The molecule has 0 saturated heterocycles. The van der Waals surface area contributed by atoms with Crippen molar-refractivity contribution in [2.24, 2.45) is 0 Å². The molecule has 3 N–H and O–H groups in total. The Labute approximate surface area is 193 Å². The van der Waals surface area contributed by atoms with Crippen molar-refractivity contribution in [2.75, 3.05) is 16.0 Å². The average Bonchev–Trinajstić information content (AvgIpc) is 2.72. The summed E-state index contributed by atoms with van der Waals surface area (Å²) < 4.78 is 65.7. The lowest BCUT2D eigenvalue weighted by Gasteiger charge is -2.13. The summed E-state index contributed by atoms with van der Waals surface area (Å²) in [5.74, 6) is -1.96. The fraction of sp³-hybridized carbons (Fsp3) is 0.0909. The van der Waals surface area contributed by atoms with Gasteiger partial charge in [0.25, 0.3) is 5.91 Å². The molecule has 11 heteroatoms. The fourth-order valence-corrected chi connectivity index (χ4v) is 3.26. The van der Waals surface area contributed by atoms with Crippen molar-refractivity contribution >= 4 is 44.9 Å². The van der Waals surface area contributed by atoms with E-state index in [0.29, 0.717) is 11.3 Å². The summed E-state index contributed by atoms with van der Waals surface area (Å²) in [5.41, 5.74) is -0.591. The molecule has 0 aromatic heterocycles. The molecule has 0 atom stereocenters. The van der Waals surface area contributed by atoms with Crippen LogP contribution in [0.4, 0.5) is 43.8 Å². The molecule has 5 nitrogen and oxygen atoms in total. The molecule has 0 aliphatic heterocycles. The van der Waals surface area contributed by atoms with Gasteiger partial charge in [-0.05, 0) is 83.0 Å². The zero-order valence-electron chi connectivity index (χ0n) is 16.8. The quantitative estimate of drug-likeness (QED) is 0.321. The fourth-order valence-electron chi connectivity index (χ4n) is 2.77. The molecule has 0 bridgehead atoms. The summed E-state index contributed by atoms with van der Waals surface area (Å²) >= 11 is 3.08. The Morgan fingerprint density at radius 1 is 0.818 bits per heavy atom. The molecule has 3 amide bonds. The average molecular weight is 528 g/mol. The highest BCUT2D eigenvalue weighted by Gasteiger charge is 2.30. The standard InChI is InChI=1S/C22H15BrF5N3O2/c1-11-8-14(6-7-17(11)24)29-20(32)15-9-19(18(25)10-16(15)23)31-21(33)30-13-4-2-12(3-5-13)22(26,27)28/h2-10H,1H3,(H,29,32)(H2,30,31,33). The van der Waals surface area contributed by atoms with Crippen molar-refractivity contribution in [2.45, 2.75) is 13.1 Å². The van der Waals surface area contributed by atoms with E-state index in [9.17, 15) is 31.5 Å². The topological polar surface area (TPSA) is 70.2 Å². The van der Waals surface area contributed by atoms with Crippen LogP contribution in [-0.4, -0.2) is 11.9 Å². The Balaban J connectivity index is 1.74. The second-order valence-electron chi connectivity index (χ2n) is 6.88. The van der Waals surface area contributed by atoms with Crippen LogP contribution in [-0.2, 0) is 6.18 Å². The number of aryl methyl sites for hydroxylation is 1. The van der Waals surface area contributed by atoms with Gasteiger partial charge in [-0.2, -0.15) is 13.2 Å². The lowest BCUT2D eigenvalue weighted by molar-refractivity contribution is -0.137. The van der Waals surface area contributed by atoms with Crippen LogP contribution >= 0.6 is 15.9 Å². The van der Waals surface area contributed by atoms with Gasteiger partial charge in [-0.1, -0.05) is 0 Å². The van der Waals surface area contributed by atoms with Gasteiger partial charge >= 0.3 is 12.2 Å². The van der Waals surface area contributed by atoms with E-state index < -0.39 is 35.3 Å². The molecule has 3 rings (SSSR count). The third kappa shape index (κ3) is 6.07. The first-order valence-electron chi connectivity index (χ1n) is 9.26. The van der Waals surface area contributed by atoms with E-state index in [1.165, 1.54) is 25.1 Å². The summed E-state index contributed by atoms with van der Waals surface area (Å²) in [6.07, 6.45) is -4.52. The second kappa shape index (κ2) is 9.57. The number of urea groups is 1. The predicted molar refractivity (Wildman–Crippen MR) is 117 cm³/mol. The van der Waals surface area contributed by atoms with Gasteiger partial charge in [0.15, 0.2) is 0 Å². The molecule has 0 aliphatic carbocycles. The molecule has 3 aromatic rings. The van der Waals surface area contributed by atoms with Gasteiger partial charge < -0.3 is 16.0 Å². The van der Waals surface area contributed by atoms with Crippen molar-refractivity contribution in [3.63, 3.8) is 0 Å². The number of carbonyl (C=O) groups excluding carboxylic acids is 2. The molecule has 0 aliphatic rings. The number of alkyl halides is 3. The predicted octanol–water partition coefficient (Wildman–Crippen LogP) is 6.95. The van der Waals surface area contributed by atoms with Crippen LogP contribution in [0.5, 0.6) is 0 Å². The third-order valence-corrected chi connectivity index (χ3v) is 5.09. The molecule has 33 heavy (non-hydrogen) atoms. The molecule has 0 spiro atoms. The van der Waals surface area contributed by atoms with E-state index in [1.54, 1.807) is 0 Å². The van der Waals surface area contributed by atoms with Crippen molar-refractivity contribution in [3.8, 4) is 0 Å². The Kier molecular flexibility index (Phi) is 7.01.